The number of morpholine rings is 1. The molecule has 0 saturated carbocycles. The van der Waals surface area contributed by atoms with Crippen molar-refractivity contribution in [2.45, 2.75) is 39.2 Å². The van der Waals surface area contributed by atoms with E-state index in [1.165, 1.54) is 10.4 Å². The van der Waals surface area contributed by atoms with Gasteiger partial charge < -0.3 is 18.5 Å². The van der Waals surface area contributed by atoms with Crippen molar-refractivity contribution < 1.29 is 18.4 Å². The van der Waals surface area contributed by atoms with E-state index in [0.717, 1.165) is 29.9 Å². The molecule has 1 saturated heterocycles. The number of imidazole rings is 1. The lowest BCUT2D eigenvalue weighted by molar-refractivity contribution is 0.0940. The van der Waals surface area contributed by atoms with Crippen LogP contribution in [0.2, 0.25) is 5.04 Å². The monoisotopic (exact) mass is 659 g/mol. The van der Waals surface area contributed by atoms with E-state index in [1.807, 2.05) is 30.3 Å². The minimum Gasteiger partial charge on any atom is -0.454 e. The van der Waals surface area contributed by atoms with Crippen LogP contribution in [0, 0.1) is 5.92 Å². The molecule has 1 atom stereocenters. The van der Waals surface area contributed by atoms with Gasteiger partial charge in [-0.2, -0.15) is 5.10 Å². The van der Waals surface area contributed by atoms with Crippen LogP contribution in [0.3, 0.4) is 0 Å². The molecule has 0 bridgehead atoms. The number of aromatic nitrogens is 4. The number of rotatable bonds is 10. The minimum atomic E-state index is -2.71. The molecule has 0 unspecified atom stereocenters. The van der Waals surface area contributed by atoms with Crippen LogP contribution in [0.15, 0.2) is 102 Å². The highest BCUT2D eigenvalue weighted by atomic mass is 28.4. The Morgan fingerprint density at radius 3 is 2.29 bits per heavy atom. The van der Waals surface area contributed by atoms with Gasteiger partial charge in [0, 0.05) is 32.3 Å². The summed E-state index contributed by atoms with van der Waals surface area (Å²) in [6, 6.07) is 28.6. The molecular weight excluding hydrogens is 619 g/mol. The first kappa shape index (κ1) is 31.9. The zero-order valence-electron chi connectivity index (χ0n) is 27.9. The Kier molecular flexibility index (Phi) is 8.72. The maximum absolute atomic E-state index is 13.7. The van der Waals surface area contributed by atoms with Crippen LogP contribution in [-0.2, 0) is 9.16 Å². The third-order valence-electron chi connectivity index (χ3n) is 9.17. The van der Waals surface area contributed by atoms with Crippen molar-refractivity contribution in [3.63, 3.8) is 0 Å². The summed E-state index contributed by atoms with van der Waals surface area (Å²) < 4.78 is 20.6. The van der Waals surface area contributed by atoms with Crippen LogP contribution >= 0.6 is 0 Å². The number of hydrogen-bond donors (Lipinski definition) is 0. The number of furan rings is 1. The van der Waals surface area contributed by atoms with Gasteiger partial charge >= 0.3 is 0 Å². The zero-order valence-corrected chi connectivity index (χ0v) is 28.9. The molecule has 7 rings (SSSR count). The molecule has 5 heterocycles. The smallest absolute Gasteiger partial charge is 0.261 e. The Morgan fingerprint density at radius 1 is 0.938 bits per heavy atom. The van der Waals surface area contributed by atoms with Crippen LogP contribution < -0.4 is 15.3 Å². The molecule has 1 aliphatic rings. The Labute approximate surface area is 281 Å². The molecule has 1 fully saturated rings. The van der Waals surface area contributed by atoms with Crippen LogP contribution in [0.5, 0.6) is 0 Å². The number of hydrogen-bond acceptors (Lipinski definition) is 8. The lowest BCUT2D eigenvalue weighted by Gasteiger charge is -2.43. The molecule has 48 heavy (non-hydrogen) atoms. The fourth-order valence-electron chi connectivity index (χ4n) is 6.80. The number of benzene rings is 2. The summed E-state index contributed by atoms with van der Waals surface area (Å²) in [4.78, 5) is 25.1. The van der Waals surface area contributed by atoms with Gasteiger partial charge in [-0.3, -0.25) is 4.79 Å². The topological polar surface area (TPSA) is 95.0 Å². The van der Waals surface area contributed by atoms with Crippen LogP contribution in [0.1, 0.15) is 44.6 Å². The summed E-state index contributed by atoms with van der Waals surface area (Å²) in [7, 11) is -2.71. The zero-order chi connectivity index (χ0) is 33.3. The van der Waals surface area contributed by atoms with Gasteiger partial charge in [-0.15, -0.1) is 0 Å². The quantitative estimate of drug-likeness (QED) is 0.128. The van der Waals surface area contributed by atoms with Crippen LogP contribution in [0.25, 0.3) is 28.1 Å². The minimum absolute atomic E-state index is 0.0274. The van der Waals surface area contributed by atoms with Crippen molar-refractivity contribution in [1.29, 1.82) is 0 Å². The second-order valence-corrected chi connectivity index (χ2v) is 17.9. The molecule has 0 spiro atoms. The number of nitrogens with zero attached hydrogens (tertiary/aromatic N) is 5. The second kappa shape index (κ2) is 13.1. The van der Waals surface area contributed by atoms with Crippen molar-refractivity contribution in [1.82, 2.24) is 19.6 Å². The average Bonchev–Trinajstić information content (AvgIpc) is 3.73. The highest BCUT2D eigenvalue weighted by molar-refractivity contribution is 6.99. The Bertz CT molecular complexity index is 1990. The highest BCUT2D eigenvalue weighted by Crippen LogP contribution is 2.37. The van der Waals surface area contributed by atoms with Crippen molar-refractivity contribution in [2.24, 2.45) is 5.92 Å². The maximum atomic E-state index is 13.7. The molecule has 4 aromatic heterocycles. The van der Waals surface area contributed by atoms with Crippen molar-refractivity contribution in [3.8, 4) is 11.5 Å². The first-order chi connectivity index (χ1) is 23.2. The van der Waals surface area contributed by atoms with Crippen molar-refractivity contribution in [2.75, 3.05) is 37.8 Å². The van der Waals surface area contributed by atoms with Gasteiger partial charge in [0.1, 0.15) is 22.8 Å². The van der Waals surface area contributed by atoms with Gasteiger partial charge in [-0.05, 0) is 45.6 Å². The van der Waals surface area contributed by atoms with Gasteiger partial charge in [0.25, 0.3) is 8.32 Å². The van der Waals surface area contributed by atoms with Crippen LogP contribution in [-0.4, -0.2) is 66.6 Å². The fraction of sp³-hybridized carbons (Fsp3) is 0.316. The highest BCUT2D eigenvalue weighted by Gasteiger charge is 2.50. The second-order valence-electron chi connectivity index (χ2n) is 13.6. The fourth-order valence-corrected chi connectivity index (χ4v) is 11.5. The summed E-state index contributed by atoms with van der Waals surface area (Å²) in [5, 5.41) is 7.99. The third kappa shape index (κ3) is 5.95. The summed E-state index contributed by atoms with van der Waals surface area (Å²) >= 11 is 0. The summed E-state index contributed by atoms with van der Waals surface area (Å²) in [6.45, 7) is 12.2. The number of ether oxygens (including phenoxy) is 1. The van der Waals surface area contributed by atoms with Gasteiger partial charge in [0.15, 0.2) is 17.2 Å². The number of carbonyl (C=O) groups is 1. The van der Waals surface area contributed by atoms with Gasteiger partial charge in [-0.25, -0.2) is 14.5 Å². The van der Waals surface area contributed by atoms with E-state index in [1.54, 1.807) is 23.0 Å². The molecule has 246 valence electrons. The first-order valence-corrected chi connectivity index (χ1v) is 18.5. The largest absolute Gasteiger partial charge is 0.454 e. The number of fused-ring (bicyclic) bond motifs is 2. The van der Waals surface area contributed by atoms with E-state index in [9.17, 15) is 4.79 Å². The van der Waals surface area contributed by atoms with Gasteiger partial charge in [0.2, 0.25) is 0 Å². The Balaban J connectivity index is 1.13. The predicted octanol–water partition coefficient (Wildman–Crippen LogP) is 6.16. The van der Waals surface area contributed by atoms with E-state index in [2.05, 4.69) is 91.1 Å². The molecule has 6 aromatic rings. The molecule has 0 aliphatic carbocycles. The number of pyridine rings is 1. The summed E-state index contributed by atoms with van der Waals surface area (Å²) in [5.74, 6) is 1.42. The number of Topliss-reactive ketones (excluding diaryl/α,β-unsaturated/α-hetero) is 1. The lowest BCUT2D eigenvalue weighted by Crippen LogP contribution is -2.66. The maximum Gasteiger partial charge on any atom is 0.261 e. The average molecular weight is 660 g/mol. The number of anilines is 1. The first-order valence-electron chi connectivity index (χ1n) is 16.6. The summed E-state index contributed by atoms with van der Waals surface area (Å²) in [5.41, 5.74) is 2.42. The van der Waals surface area contributed by atoms with Crippen LogP contribution in [0.4, 0.5) is 5.82 Å². The van der Waals surface area contributed by atoms with E-state index >= 15 is 0 Å². The number of ketones is 1. The molecule has 1 aliphatic heterocycles. The standard InChI is InChI=1S/C38H41N5O4Si/c1-27(26-46-48(38(2,3)4,28-11-7-5-8-12-28)29-13-9-6-10-14-29)23-33(44)31-15-16-36-40-25-32(43(36)41-31)35-24-30-34(47-35)17-18-39-37(30)42-19-21-45-22-20-42/h5-18,24-25,27H,19-23,26H2,1-4H3/t27-/m1/s1. The van der Waals surface area contributed by atoms with E-state index < -0.39 is 8.32 Å². The predicted molar refractivity (Wildman–Crippen MR) is 191 cm³/mol. The van der Waals surface area contributed by atoms with E-state index in [0.29, 0.717) is 49.0 Å². The SMILES string of the molecule is C[C@@H](CO[Si](c1ccccc1)(c1ccccc1)C(C)(C)C)CC(=O)c1ccc2ncc(-c3cc4c(N5CCOCC5)nccc4o3)n2n1. The van der Waals surface area contributed by atoms with Crippen molar-refractivity contribution >= 4 is 46.9 Å². The molecule has 2 aromatic carbocycles. The lowest BCUT2D eigenvalue weighted by atomic mass is 10.0. The van der Waals surface area contributed by atoms with Gasteiger partial charge in [0.05, 0.1) is 24.8 Å². The Hall–Kier alpha value is -4.64. The molecule has 0 radical (unpaired) electrons. The van der Waals surface area contributed by atoms with Gasteiger partial charge in [-0.1, -0.05) is 88.4 Å². The molecular formula is C38H41N5O4Si. The molecule has 9 nitrogen and oxygen atoms in total. The van der Waals surface area contributed by atoms with Crippen molar-refractivity contribution in [3.05, 3.63) is 103 Å². The molecule has 0 amide bonds. The number of carbonyl (C=O) groups excluding carboxylic acids is 1. The normalized spacial score (nSPS) is 14.9. The van der Waals surface area contributed by atoms with E-state index in [4.69, 9.17) is 18.7 Å². The Morgan fingerprint density at radius 2 is 1.62 bits per heavy atom. The molecule has 10 heteroatoms. The summed E-state index contributed by atoms with van der Waals surface area (Å²) in [6.07, 6.45) is 3.80. The molecule has 0 N–H and O–H groups in total. The van der Waals surface area contributed by atoms with E-state index in [-0.39, 0.29) is 16.7 Å². The third-order valence-corrected chi connectivity index (χ3v) is 14.2.